The zero-order chi connectivity index (χ0) is 15.2. The van der Waals surface area contributed by atoms with Crippen molar-refractivity contribution in [1.82, 2.24) is 5.32 Å². The van der Waals surface area contributed by atoms with Gasteiger partial charge in [-0.1, -0.05) is 28.4 Å². The number of hydrogen-bond acceptors (Lipinski definition) is 3. The molecule has 5 heteroatoms. The molecule has 0 radical (unpaired) electrons. The Labute approximate surface area is 134 Å². The van der Waals surface area contributed by atoms with E-state index < -0.39 is 0 Å². The highest BCUT2D eigenvalue weighted by Gasteiger charge is 2.27. The summed E-state index contributed by atoms with van der Waals surface area (Å²) in [6.45, 7) is 0.718. The lowest BCUT2D eigenvalue weighted by Crippen LogP contribution is -2.31. The van der Waals surface area contributed by atoms with Gasteiger partial charge in [0.2, 0.25) is 0 Å². The number of amides is 1. The zero-order valence-corrected chi connectivity index (χ0v) is 14.1. The molecule has 0 bridgehead atoms. The van der Waals surface area contributed by atoms with Crippen molar-refractivity contribution in [2.75, 3.05) is 26.1 Å². The van der Waals surface area contributed by atoms with Crippen LogP contribution in [0.1, 0.15) is 29.6 Å². The van der Waals surface area contributed by atoms with Crippen molar-refractivity contribution in [1.29, 1.82) is 0 Å². The first-order chi connectivity index (χ1) is 10.2. The predicted octanol–water partition coefficient (Wildman–Crippen LogP) is 3.24. The molecule has 1 fully saturated rings. The molecule has 1 amide bonds. The van der Waals surface area contributed by atoms with Gasteiger partial charge in [0, 0.05) is 11.9 Å². The molecule has 116 valence electrons. The molecule has 0 aliphatic heterocycles. The summed E-state index contributed by atoms with van der Waals surface area (Å²) in [6, 6.07) is 5.34. The van der Waals surface area contributed by atoms with Gasteiger partial charge in [-0.05, 0) is 36.8 Å². The molecule has 1 saturated carbocycles. The number of para-hydroxylation sites is 1. The maximum atomic E-state index is 12.4. The first-order valence-electron chi connectivity index (χ1n) is 7.26. The van der Waals surface area contributed by atoms with E-state index in [2.05, 4.69) is 21.2 Å². The number of carbonyl (C=O) groups is 1. The first-order valence-corrected chi connectivity index (χ1v) is 8.38. The molecule has 0 aromatic heterocycles. The number of hydrogen-bond donors (Lipinski definition) is 1. The Morgan fingerprint density at radius 1 is 1.29 bits per heavy atom. The van der Waals surface area contributed by atoms with Crippen molar-refractivity contribution in [3.63, 3.8) is 0 Å². The number of ether oxygens (including phenoxy) is 2. The molecule has 2 atom stereocenters. The lowest BCUT2D eigenvalue weighted by Gasteiger charge is -2.18. The number of nitrogens with one attached hydrogen (secondary N) is 1. The molecule has 2 rings (SSSR count). The summed E-state index contributed by atoms with van der Waals surface area (Å²) in [5.74, 6) is 2.18. The van der Waals surface area contributed by atoms with E-state index in [4.69, 9.17) is 9.47 Å². The van der Waals surface area contributed by atoms with Crippen LogP contribution < -0.4 is 14.8 Å². The maximum absolute atomic E-state index is 12.4. The minimum Gasteiger partial charge on any atom is -0.493 e. The number of carbonyl (C=O) groups excluding carboxylic acids is 1. The van der Waals surface area contributed by atoms with Gasteiger partial charge >= 0.3 is 0 Å². The summed E-state index contributed by atoms with van der Waals surface area (Å²) in [5.41, 5.74) is 0.519. The molecule has 0 spiro atoms. The average molecular weight is 356 g/mol. The lowest BCUT2D eigenvalue weighted by molar-refractivity contribution is 0.0941. The fourth-order valence-corrected chi connectivity index (χ4v) is 3.82. The van der Waals surface area contributed by atoms with Gasteiger partial charge in [-0.25, -0.2) is 0 Å². The van der Waals surface area contributed by atoms with Crippen LogP contribution in [0.5, 0.6) is 11.5 Å². The first kappa shape index (κ1) is 16.1. The van der Waals surface area contributed by atoms with Crippen LogP contribution in [0.3, 0.4) is 0 Å². The van der Waals surface area contributed by atoms with E-state index in [1.54, 1.807) is 32.4 Å². The van der Waals surface area contributed by atoms with Crippen molar-refractivity contribution >= 4 is 21.8 Å². The normalized spacial score (nSPS) is 21.1. The second-order valence-electron chi connectivity index (χ2n) is 5.36. The maximum Gasteiger partial charge on any atom is 0.255 e. The van der Waals surface area contributed by atoms with E-state index in [0.29, 0.717) is 28.9 Å². The second-order valence-corrected chi connectivity index (χ2v) is 6.00. The quantitative estimate of drug-likeness (QED) is 0.796. The third-order valence-electron chi connectivity index (χ3n) is 4.19. The Bertz CT molecular complexity index is 492. The van der Waals surface area contributed by atoms with Crippen LogP contribution in [0.25, 0.3) is 0 Å². The van der Waals surface area contributed by atoms with Crippen LogP contribution in [0.2, 0.25) is 0 Å². The standard InChI is InChI=1S/C16H22BrNO3/c1-20-14-8-4-7-13(15(14)21-2)16(19)18-10-12-6-3-5-11(12)9-17/h4,7-8,11-12H,3,5-6,9-10H2,1-2H3,(H,18,19). The van der Waals surface area contributed by atoms with Gasteiger partial charge in [0.1, 0.15) is 0 Å². The fraction of sp³-hybridized carbons (Fsp3) is 0.562. The van der Waals surface area contributed by atoms with E-state index in [0.717, 1.165) is 11.9 Å². The molecule has 1 aromatic rings. The third-order valence-corrected chi connectivity index (χ3v) is 5.02. The smallest absolute Gasteiger partial charge is 0.255 e. The van der Waals surface area contributed by atoms with Crippen LogP contribution >= 0.6 is 15.9 Å². The number of alkyl halides is 1. The second kappa shape index (κ2) is 7.69. The van der Waals surface area contributed by atoms with E-state index in [1.165, 1.54) is 19.3 Å². The highest BCUT2D eigenvalue weighted by atomic mass is 79.9. The molecule has 0 saturated heterocycles. The van der Waals surface area contributed by atoms with Crippen molar-refractivity contribution < 1.29 is 14.3 Å². The molecule has 1 aromatic carbocycles. The number of halogens is 1. The summed E-state index contributed by atoms with van der Waals surface area (Å²) in [4.78, 5) is 12.4. The van der Waals surface area contributed by atoms with E-state index in [9.17, 15) is 4.79 Å². The topological polar surface area (TPSA) is 47.6 Å². The van der Waals surface area contributed by atoms with Crippen LogP contribution in [0, 0.1) is 11.8 Å². The number of methoxy groups -OCH3 is 2. The highest BCUT2D eigenvalue weighted by Crippen LogP contribution is 2.33. The van der Waals surface area contributed by atoms with Crippen molar-refractivity contribution in [3.05, 3.63) is 23.8 Å². The molecule has 1 aliphatic rings. The van der Waals surface area contributed by atoms with Crippen LogP contribution in [0.15, 0.2) is 18.2 Å². The Balaban J connectivity index is 2.03. The molecule has 21 heavy (non-hydrogen) atoms. The molecule has 4 nitrogen and oxygen atoms in total. The van der Waals surface area contributed by atoms with Gasteiger partial charge < -0.3 is 14.8 Å². The SMILES string of the molecule is COc1cccc(C(=O)NCC2CCCC2CBr)c1OC. The molecule has 1 aliphatic carbocycles. The Morgan fingerprint density at radius 2 is 2.05 bits per heavy atom. The summed E-state index contributed by atoms with van der Waals surface area (Å²) in [5, 5.41) is 4.05. The van der Waals surface area contributed by atoms with Crippen molar-refractivity contribution in [3.8, 4) is 11.5 Å². The van der Waals surface area contributed by atoms with E-state index in [1.807, 2.05) is 0 Å². The summed E-state index contributed by atoms with van der Waals surface area (Å²) in [7, 11) is 3.12. The summed E-state index contributed by atoms with van der Waals surface area (Å²) in [6.07, 6.45) is 3.68. The van der Waals surface area contributed by atoms with E-state index >= 15 is 0 Å². The van der Waals surface area contributed by atoms with Gasteiger partial charge in [0.25, 0.3) is 5.91 Å². The summed E-state index contributed by atoms with van der Waals surface area (Å²) >= 11 is 3.56. The van der Waals surface area contributed by atoms with Crippen LogP contribution in [-0.4, -0.2) is 32.0 Å². The monoisotopic (exact) mass is 355 g/mol. The summed E-state index contributed by atoms with van der Waals surface area (Å²) < 4.78 is 10.5. The van der Waals surface area contributed by atoms with Gasteiger partial charge in [-0.15, -0.1) is 0 Å². The van der Waals surface area contributed by atoms with Crippen LogP contribution in [-0.2, 0) is 0 Å². The Kier molecular flexibility index (Phi) is 5.91. The lowest BCUT2D eigenvalue weighted by atomic mass is 9.98. The average Bonchev–Trinajstić information content (AvgIpc) is 2.99. The zero-order valence-electron chi connectivity index (χ0n) is 12.5. The van der Waals surface area contributed by atoms with Gasteiger partial charge in [0.15, 0.2) is 11.5 Å². The fourth-order valence-electron chi connectivity index (χ4n) is 2.97. The molecule has 0 heterocycles. The third kappa shape index (κ3) is 3.70. The van der Waals surface area contributed by atoms with E-state index in [-0.39, 0.29) is 5.91 Å². The van der Waals surface area contributed by atoms with Crippen LogP contribution in [0.4, 0.5) is 0 Å². The number of rotatable bonds is 6. The highest BCUT2D eigenvalue weighted by molar-refractivity contribution is 9.09. The van der Waals surface area contributed by atoms with Crippen molar-refractivity contribution in [2.24, 2.45) is 11.8 Å². The minimum absolute atomic E-state index is 0.106. The van der Waals surface area contributed by atoms with Gasteiger partial charge in [-0.3, -0.25) is 4.79 Å². The largest absolute Gasteiger partial charge is 0.493 e. The molecule has 1 N–H and O–H groups in total. The molecular weight excluding hydrogens is 334 g/mol. The molecule has 2 unspecified atom stereocenters. The Hall–Kier alpha value is -1.23. The number of benzene rings is 1. The Morgan fingerprint density at radius 3 is 2.71 bits per heavy atom. The van der Waals surface area contributed by atoms with Crippen molar-refractivity contribution in [2.45, 2.75) is 19.3 Å². The predicted molar refractivity (Wildman–Crippen MR) is 86.5 cm³/mol. The minimum atomic E-state index is -0.106. The van der Waals surface area contributed by atoms with Gasteiger partial charge in [0.05, 0.1) is 19.8 Å². The molecular formula is C16H22BrNO3. The van der Waals surface area contributed by atoms with Gasteiger partial charge in [-0.2, -0.15) is 0 Å².